The number of halogens is 6. The van der Waals surface area contributed by atoms with Crippen molar-refractivity contribution < 1.29 is 85.0 Å². The number of nitrogens with zero attached hydrogens (tertiary/aromatic N) is 3. The van der Waals surface area contributed by atoms with Crippen LogP contribution >= 0.6 is 0 Å². The SMILES string of the molecule is COc1ccc2nc(C(F)(F)F)c(O[C@@H]3C[C@H]4C(=O)N[C@]5(C(=O)NS(=O)(=O)C6(C)CC6)[I-][C@H]5/C=C\CCCCC[C@H](NC(=O)OC5CC(F)(F)C5)C(=O)N4C3)nc2c1. The summed E-state index contributed by atoms with van der Waals surface area (Å²) in [6.07, 6.45) is -3.92. The van der Waals surface area contributed by atoms with Crippen LogP contribution in [-0.2, 0) is 35.3 Å². The van der Waals surface area contributed by atoms with E-state index in [2.05, 4.69) is 25.3 Å². The summed E-state index contributed by atoms with van der Waals surface area (Å²) in [4.78, 5) is 64.3. The first-order chi connectivity index (χ1) is 27.2. The Hall–Kier alpha value is -4.09. The Balaban J connectivity index is 1.20. The predicted octanol–water partition coefficient (Wildman–Crippen LogP) is 0.701. The van der Waals surface area contributed by atoms with Crippen molar-refractivity contribution in [3.8, 4) is 11.6 Å². The number of carbonyl (C=O) groups excluding carboxylic acids is 4. The van der Waals surface area contributed by atoms with Crippen LogP contribution < -0.4 is 46.0 Å². The standard InChI is InChI=1S/C36H41F5IN6O9S/c1-33(12-13-33)58(53,54)47-31(51)35-26(42-35)9-7-5-3-4-6-8-23(45-32(52)57-21-16-34(37,38)17-21)30(50)48-18-20(15-25(48)28(49)46-35)56-29-27(36(39,40)41)43-22-11-10-19(55-2)14-24(22)44-29/h7,9-11,14,20-21,23,25-26H,3-6,8,12-13,15-18H2,1-2H3,(H,45,52)(H,46,49)(H,47,51)/q-1/b9-7-/t20-,23+,25+,26+,35-/m1/s1. The molecule has 2 aromatic rings. The minimum atomic E-state index is -5.04. The van der Waals surface area contributed by atoms with E-state index in [9.17, 15) is 49.5 Å². The maximum atomic E-state index is 14.4. The third kappa shape index (κ3) is 8.76. The van der Waals surface area contributed by atoms with Crippen LogP contribution in [0.2, 0.25) is 0 Å². The van der Waals surface area contributed by atoms with E-state index in [1.54, 1.807) is 6.08 Å². The molecule has 0 bridgehead atoms. The minimum absolute atomic E-state index is 0.00395. The Bertz CT molecular complexity index is 2130. The molecular formula is C36H41F5IN6O9S-. The first kappa shape index (κ1) is 42.0. The number of alkyl carbamates (subject to hydrolysis) is 1. The van der Waals surface area contributed by atoms with Crippen LogP contribution in [-0.4, -0.2) is 103 Å². The number of ether oxygens (including phenoxy) is 3. The molecule has 5 aliphatic rings. The van der Waals surface area contributed by atoms with Gasteiger partial charge in [-0.3, -0.25) is 0 Å². The van der Waals surface area contributed by atoms with Gasteiger partial charge in [0.2, 0.25) is 0 Å². The molecule has 0 spiro atoms. The normalized spacial score (nSPS) is 29.1. The molecule has 2 aliphatic carbocycles. The molecule has 4 amide bonds. The summed E-state index contributed by atoms with van der Waals surface area (Å²) in [6, 6.07) is 1.19. The van der Waals surface area contributed by atoms with Crippen molar-refractivity contribution in [3.63, 3.8) is 0 Å². The molecule has 0 radical (unpaired) electrons. The van der Waals surface area contributed by atoms with Gasteiger partial charge in [0.15, 0.2) is 0 Å². The van der Waals surface area contributed by atoms with Crippen LogP contribution in [0.4, 0.5) is 26.7 Å². The third-order valence-corrected chi connectivity index (χ3v) is 16.8. The van der Waals surface area contributed by atoms with Crippen LogP contribution in [0.5, 0.6) is 11.6 Å². The molecule has 1 aromatic heterocycles. The van der Waals surface area contributed by atoms with Crippen molar-refractivity contribution >= 4 is 44.9 Å². The number of aromatic nitrogens is 2. The number of carbonyl (C=O) groups is 4. The van der Waals surface area contributed by atoms with Crippen molar-refractivity contribution in [1.29, 1.82) is 0 Å². The zero-order chi connectivity index (χ0) is 41.8. The van der Waals surface area contributed by atoms with E-state index >= 15 is 0 Å². The summed E-state index contributed by atoms with van der Waals surface area (Å²) in [5.74, 6) is -6.32. The van der Waals surface area contributed by atoms with Crippen molar-refractivity contribution in [2.24, 2.45) is 0 Å². The molecule has 0 unspecified atom stereocenters. The Morgan fingerprint density at radius 3 is 2.47 bits per heavy atom. The van der Waals surface area contributed by atoms with Gasteiger partial charge < -0.3 is 4.74 Å². The predicted molar refractivity (Wildman–Crippen MR) is 189 cm³/mol. The molecule has 4 heterocycles. The van der Waals surface area contributed by atoms with E-state index in [4.69, 9.17) is 14.2 Å². The van der Waals surface area contributed by atoms with Crippen LogP contribution in [0.15, 0.2) is 30.4 Å². The molecular weight excluding hydrogens is 914 g/mol. The number of hydrogen-bond donors (Lipinski definition) is 3. The molecule has 2 saturated heterocycles. The second-order valence-electron chi connectivity index (χ2n) is 15.4. The summed E-state index contributed by atoms with van der Waals surface area (Å²) in [6.45, 7) is 1.01. The average molecular weight is 956 g/mol. The molecule has 5 atom stereocenters. The summed E-state index contributed by atoms with van der Waals surface area (Å²) in [7, 11) is -2.76. The van der Waals surface area contributed by atoms with Gasteiger partial charge in [0.1, 0.15) is 0 Å². The van der Waals surface area contributed by atoms with E-state index in [-0.39, 0.29) is 23.2 Å². The Morgan fingerprint density at radius 1 is 1.05 bits per heavy atom. The summed E-state index contributed by atoms with van der Waals surface area (Å²) < 4.78 is 111. The first-order valence-electron chi connectivity index (χ1n) is 18.7. The molecule has 2 saturated carbocycles. The summed E-state index contributed by atoms with van der Waals surface area (Å²) in [5, 5.41) is 5.15. The number of alkyl halides is 7. The van der Waals surface area contributed by atoms with E-state index in [1.165, 1.54) is 32.2 Å². The van der Waals surface area contributed by atoms with Gasteiger partial charge in [0.25, 0.3) is 5.92 Å². The van der Waals surface area contributed by atoms with E-state index in [0.717, 1.165) is 4.90 Å². The molecule has 3 aliphatic heterocycles. The number of nitrogens with one attached hydrogen (secondary N) is 3. The number of amides is 4. The number of methoxy groups -OCH3 is 1. The second kappa shape index (κ2) is 15.5. The first-order valence-corrected chi connectivity index (χ1v) is 22.5. The van der Waals surface area contributed by atoms with Crippen molar-refractivity contribution in [2.45, 2.75) is 120 Å². The zero-order valence-electron chi connectivity index (χ0n) is 31.2. The number of allylic oxidation sites excluding steroid dienone is 1. The van der Waals surface area contributed by atoms with Crippen LogP contribution in [0, 0.1) is 0 Å². The molecule has 4 fully saturated rings. The van der Waals surface area contributed by atoms with Gasteiger partial charge >= 0.3 is 309 Å². The van der Waals surface area contributed by atoms with Crippen molar-refractivity contribution in [2.75, 3.05) is 13.7 Å². The summed E-state index contributed by atoms with van der Waals surface area (Å²) in [5.41, 5.74) is -1.58. The van der Waals surface area contributed by atoms with Crippen LogP contribution in [0.25, 0.3) is 11.0 Å². The summed E-state index contributed by atoms with van der Waals surface area (Å²) >= 11 is -1.22. The Labute approximate surface area is 339 Å². The number of sulfonamides is 1. The van der Waals surface area contributed by atoms with Crippen LogP contribution in [0.3, 0.4) is 0 Å². The number of benzene rings is 1. The Morgan fingerprint density at radius 2 is 1.79 bits per heavy atom. The second-order valence-corrected chi connectivity index (χ2v) is 21.2. The van der Waals surface area contributed by atoms with Gasteiger partial charge in [-0.05, 0) is 6.07 Å². The van der Waals surface area contributed by atoms with Gasteiger partial charge in [0, 0.05) is 0 Å². The molecule has 15 nitrogen and oxygen atoms in total. The molecule has 318 valence electrons. The third-order valence-electron chi connectivity index (χ3n) is 10.9. The quantitative estimate of drug-likeness (QED) is 0.111. The fraction of sp³-hybridized carbons (Fsp3) is 0.611. The fourth-order valence-electron chi connectivity index (χ4n) is 7.10. The van der Waals surface area contributed by atoms with Gasteiger partial charge in [-0.15, -0.1) is 0 Å². The fourth-order valence-corrected chi connectivity index (χ4v) is 11.4. The van der Waals surface area contributed by atoms with E-state index in [0.29, 0.717) is 38.5 Å². The Kier molecular flexibility index (Phi) is 11.2. The molecule has 1 aromatic carbocycles. The molecule has 58 heavy (non-hydrogen) atoms. The van der Waals surface area contributed by atoms with Gasteiger partial charge in [-0.2, -0.15) is 0 Å². The number of hydrogen-bond acceptors (Lipinski definition) is 11. The molecule has 7 rings (SSSR count). The van der Waals surface area contributed by atoms with Crippen LogP contribution in [0.1, 0.15) is 76.8 Å². The van der Waals surface area contributed by atoms with E-state index in [1.807, 2.05) is 6.08 Å². The monoisotopic (exact) mass is 955 g/mol. The maximum absolute atomic E-state index is 14.4. The van der Waals surface area contributed by atoms with E-state index < -0.39 is 141 Å². The van der Waals surface area contributed by atoms with Gasteiger partial charge in [-0.1, -0.05) is 0 Å². The number of fused-ring (bicyclic) bond motifs is 3. The van der Waals surface area contributed by atoms with Gasteiger partial charge in [-0.25, -0.2) is 8.78 Å². The molecule has 22 heteroatoms. The number of rotatable bonds is 8. The topological polar surface area (TPSA) is 195 Å². The average Bonchev–Trinajstić information content (AvgIpc) is 4.01. The molecule has 3 N–H and O–H groups in total. The zero-order valence-corrected chi connectivity index (χ0v) is 34.2. The van der Waals surface area contributed by atoms with Crippen molar-refractivity contribution in [3.05, 3.63) is 36.0 Å². The van der Waals surface area contributed by atoms with Crippen molar-refractivity contribution in [1.82, 2.24) is 30.2 Å². The van der Waals surface area contributed by atoms with Gasteiger partial charge in [0.05, 0.1) is 7.11 Å².